The summed E-state index contributed by atoms with van der Waals surface area (Å²) < 4.78 is 17.0. The molecule has 3 rings (SSSR count). The summed E-state index contributed by atoms with van der Waals surface area (Å²) in [6, 6.07) is 7.29. The van der Waals surface area contributed by atoms with Crippen molar-refractivity contribution in [3.8, 4) is 21.4 Å². The van der Waals surface area contributed by atoms with Gasteiger partial charge in [0.2, 0.25) is 5.91 Å². The number of nitrogens with one attached hydrogen (secondary N) is 1. The molecular formula is C19H19BrN2O4S2. The topological polar surface area (TPSA) is 69.7 Å². The molecule has 28 heavy (non-hydrogen) atoms. The van der Waals surface area contributed by atoms with Crippen LogP contribution in [0.2, 0.25) is 0 Å². The normalized spacial score (nSPS) is 10.7. The zero-order valence-electron chi connectivity index (χ0n) is 15.4. The first kappa shape index (κ1) is 20.8. The zero-order chi connectivity index (χ0) is 19.9. The molecule has 0 bridgehead atoms. The number of benzene rings is 1. The van der Waals surface area contributed by atoms with Crippen molar-refractivity contribution in [2.45, 2.75) is 6.42 Å². The van der Waals surface area contributed by atoms with Crippen LogP contribution >= 0.6 is 38.6 Å². The lowest BCUT2D eigenvalue weighted by atomic mass is 10.2. The Morgan fingerprint density at radius 1 is 1.14 bits per heavy atom. The van der Waals surface area contributed by atoms with E-state index in [1.165, 1.54) is 11.3 Å². The molecule has 1 amide bonds. The molecule has 0 aliphatic carbocycles. The summed E-state index contributed by atoms with van der Waals surface area (Å²) >= 11 is 6.60. The molecule has 0 spiro atoms. The Labute approximate surface area is 179 Å². The molecule has 0 aliphatic heterocycles. The van der Waals surface area contributed by atoms with Crippen LogP contribution in [-0.2, 0) is 16.0 Å². The van der Waals surface area contributed by atoms with E-state index in [0.29, 0.717) is 30.4 Å². The van der Waals surface area contributed by atoms with Crippen molar-refractivity contribution < 1.29 is 19.0 Å². The highest BCUT2D eigenvalue weighted by molar-refractivity contribution is 9.10. The van der Waals surface area contributed by atoms with Crippen molar-refractivity contribution in [3.63, 3.8) is 0 Å². The number of hydrogen-bond acceptors (Lipinski definition) is 7. The first-order valence-corrected chi connectivity index (χ1v) is 10.9. The minimum Gasteiger partial charge on any atom is -0.493 e. The van der Waals surface area contributed by atoms with E-state index in [-0.39, 0.29) is 12.3 Å². The van der Waals surface area contributed by atoms with Gasteiger partial charge >= 0.3 is 0 Å². The van der Waals surface area contributed by atoms with Crippen LogP contribution in [0.1, 0.15) is 5.69 Å². The molecule has 3 aromatic rings. The maximum absolute atomic E-state index is 12.4. The predicted octanol–water partition coefficient (Wildman–Crippen LogP) is 4.85. The standard InChI is InChI=1S/C19H19BrN2O4S2/c1-24-5-6-26-16-8-13(3-4-15(16)25-2)21-18(23)9-14-11-28-19(22-14)17-7-12(20)10-27-17/h3-4,7-8,10-11H,5-6,9H2,1-2H3,(H,21,23). The Morgan fingerprint density at radius 2 is 2.00 bits per heavy atom. The summed E-state index contributed by atoms with van der Waals surface area (Å²) in [7, 11) is 3.18. The van der Waals surface area contributed by atoms with Gasteiger partial charge in [0, 0.05) is 34.1 Å². The SMILES string of the molecule is COCCOc1cc(NC(=O)Cc2csc(-c3cc(Br)cs3)n2)ccc1OC. The molecule has 0 radical (unpaired) electrons. The highest BCUT2D eigenvalue weighted by atomic mass is 79.9. The van der Waals surface area contributed by atoms with Crippen molar-refractivity contribution in [3.05, 3.63) is 45.2 Å². The van der Waals surface area contributed by atoms with Gasteiger partial charge < -0.3 is 19.5 Å². The largest absolute Gasteiger partial charge is 0.493 e. The minimum atomic E-state index is -0.141. The van der Waals surface area contributed by atoms with Gasteiger partial charge in [0.25, 0.3) is 0 Å². The van der Waals surface area contributed by atoms with Crippen molar-refractivity contribution in [2.24, 2.45) is 0 Å². The number of halogens is 1. The van der Waals surface area contributed by atoms with Crippen molar-refractivity contribution in [2.75, 3.05) is 32.8 Å². The van der Waals surface area contributed by atoms with Gasteiger partial charge in [-0.2, -0.15) is 0 Å². The van der Waals surface area contributed by atoms with E-state index in [1.807, 2.05) is 16.8 Å². The van der Waals surface area contributed by atoms with Gasteiger partial charge in [-0.1, -0.05) is 0 Å². The smallest absolute Gasteiger partial charge is 0.230 e. The Balaban J connectivity index is 1.63. The summed E-state index contributed by atoms with van der Waals surface area (Å²) in [5.41, 5.74) is 1.38. The van der Waals surface area contributed by atoms with Gasteiger partial charge in [0.15, 0.2) is 11.5 Å². The molecule has 2 heterocycles. The number of carbonyl (C=O) groups excluding carboxylic acids is 1. The summed E-state index contributed by atoms with van der Waals surface area (Å²) in [4.78, 5) is 18.1. The third-order valence-electron chi connectivity index (χ3n) is 3.66. The van der Waals surface area contributed by atoms with Crippen LogP contribution in [0.25, 0.3) is 9.88 Å². The molecule has 9 heteroatoms. The number of hydrogen-bond donors (Lipinski definition) is 1. The van der Waals surface area contributed by atoms with Crippen molar-refractivity contribution in [1.82, 2.24) is 4.98 Å². The number of thiazole rings is 1. The highest BCUT2D eigenvalue weighted by Crippen LogP contribution is 2.32. The van der Waals surface area contributed by atoms with Crippen LogP contribution in [0.4, 0.5) is 5.69 Å². The molecule has 0 fully saturated rings. The number of thiophene rings is 1. The van der Waals surface area contributed by atoms with E-state index in [2.05, 4.69) is 26.2 Å². The van der Waals surface area contributed by atoms with E-state index in [1.54, 1.807) is 43.8 Å². The van der Waals surface area contributed by atoms with Gasteiger partial charge in [-0.05, 0) is 34.1 Å². The minimum absolute atomic E-state index is 0.141. The maximum Gasteiger partial charge on any atom is 0.230 e. The van der Waals surface area contributed by atoms with Crippen LogP contribution in [0.5, 0.6) is 11.5 Å². The Kier molecular flexibility index (Phi) is 7.43. The van der Waals surface area contributed by atoms with E-state index in [4.69, 9.17) is 14.2 Å². The molecule has 6 nitrogen and oxygen atoms in total. The van der Waals surface area contributed by atoms with Crippen molar-refractivity contribution >= 4 is 50.2 Å². The van der Waals surface area contributed by atoms with Gasteiger partial charge in [-0.3, -0.25) is 4.79 Å². The summed E-state index contributed by atoms with van der Waals surface area (Å²) in [5.74, 6) is 1.01. The lowest BCUT2D eigenvalue weighted by molar-refractivity contribution is -0.115. The molecule has 0 atom stereocenters. The molecular weight excluding hydrogens is 464 g/mol. The Bertz CT molecular complexity index is 942. The summed E-state index contributed by atoms with van der Waals surface area (Å²) in [6.45, 7) is 0.859. The predicted molar refractivity (Wildman–Crippen MR) is 116 cm³/mol. The van der Waals surface area contributed by atoms with Crippen LogP contribution in [0, 0.1) is 0 Å². The van der Waals surface area contributed by atoms with Gasteiger partial charge in [-0.15, -0.1) is 22.7 Å². The number of nitrogens with zero attached hydrogens (tertiary/aromatic N) is 1. The molecule has 148 valence electrons. The van der Waals surface area contributed by atoms with Crippen LogP contribution < -0.4 is 14.8 Å². The lowest BCUT2D eigenvalue weighted by Gasteiger charge is -2.12. The second-order valence-electron chi connectivity index (χ2n) is 5.71. The van der Waals surface area contributed by atoms with Gasteiger partial charge in [0.1, 0.15) is 11.6 Å². The lowest BCUT2D eigenvalue weighted by Crippen LogP contribution is -2.15. The van der Waals surface area contributed by atoms with Crippen LogP contribution in [-0.4, -0.2) is 38.3 Å². The fourth-order valence-corrected chi connectivity index (χ4v) is 4.73. The number of ether oxygens (including phenoxy) is 3. The fourth-order valence-electron chi connectivity index (χ4n) is 2.40. The summed E-state index contributed by atoms with van der Waals surface area (Å²) in [5, 5.41) is 7.72. The second kappa shape index (κ2) is 10.0. The number of aromatic nitrogens is 1. The number of anilines is 1. The molecule has 1 aromatic carbocycles. The van der Waals surface area contributed by atoms with Crippen LogP contribution in [0.15, 0.2) is 39.5 Å². The first-order valence-electron chi connectivity index (χ1n) is 8.37. The van der Waals surface area contributed by atoms with Gasteiger partial charge in [0.05, 0.1) is 30.7 Å². The molecule has 0 unspecified atom stereocenters. The number of methoxy groups -OCH3 is 2. The Hall–Kier alpha value is -1.94. The third-order valence-corrected chi connectivity index (χ3v) is 6.42. The molecule has 2 aromatic heterocycles. The quantitative estimate of drug-likeness (QED) is 0.441. The van der Waals surface area contributed by atoms with Gasteiger partial charge in [-0.25, -0.2) is 4.98 Å². The third kappa shape index (κ3) is 5.54. The van der Waals surface area contributed by atoms with E-state index in [9.17, 15) is 4.79 Å². The average Bonchev–Trinajstić information content (AvgIpc) is 3.31. The van der Waals surface area contributed by atoms with E-state index < -0.39 is 0 Å². The second-order valence-corrected chi connectivity index (χ2v) is 8.39. The monoisotopic (exact) mass is 482 g/mol. The average molecular weight is 483 g/mol. The van der Waals surface area contributed by atoms with Crippen molar-refractivity contribution in [1.29, 1.82) is 0 Å². The number of rotatable bonds is 9. The molecule has 0 saturated carbocycles. The first-order chi connectivity index (χ1) is 13.6. The van der Waals surface area contributed by atoms with Crippen LogP contribution in [0.3, 0.4) is 0 Å². The highest BCUT2D eigenvalue weighted by Gasteiger charge is 2.12. The zero-order valence-corrected chi connectivity index (χ0v) is 18.6. The summed E-state index contributed by atoms with van der Waals surface area (Å²) in [6.07, 6.45) is 0.203. The number of amides is 1. The fraction of sp³-hybridized carbons (Fsp3) is 0.263. The molecule has 1 N–H and O–H groups in total. The van der Waals surface area contributed by atoms with E-state index in [0.717, 1.165) is 20.1 Å². The van der Waals surface area contributed by atoms with E-state index >= 15 is 0 Å². The molecule has 0 saturated heterocycles. The molecule has 0 aliphatic rings. The maximum atomic E-state index is 12.4. The Morgan fingerprint density at radius 3 is 2.71 bits per heavy atom. The number of carbonyl (C=O) groups is 1.